The van der Waals surface area contributed by atoms with Gasteiger partial charge in [0.25, 0.3) is 0 Å². The van der Waals surface area contributed by atoms with Gasteiger partial charge in [-0.2, -0.15) is 0 Å². The molecule has 2 aliphatic heterocycles. The van der Waals surface area contributed by atoms with Gasteiger partial charge in [-0.1, -0.05) is 6.92 Å². The molecule has 0 radical (unpaired) electrons. The zero-order chi connectivity index (χ0) is 11.7. The number of fused-ring (bicyclic) bond motifs is 1. The third-order valence-electron chi connectivity index (χ3n) is 4.75. The molecule has 0 bridgehead atoms. The number of hydrogen-bond donors (Lipinski definition) is 1. The molecule has 5 unspecified atom stereocenters. The van der Waals surface area contributed by atoms with Crippen molar-refractivity contribution < 1.29 is 4.74 Å². The Morgan fingerprint density at radius 2 is 2.12 bits per heavy atom. The number of ether oxygens (including phenoxy) is 1. The van der Waals surface area contributed by atoms with Crippen LogP contribution in [0.15, 0.2) is 0 Å². The average molecular weight is 226 g/mol. The summed E-state index contributed by atoms with van der Waals surface area (Å²) in [6, 6.07) is 1.30. The van der Waals surface area contributed by atoms with Gasteiger partial charge in [0.1, 0.15) is 0 Å². The van der Waals surface area contributed by atoms with Crippen molar-refractivity contribution in [3.05, 3.63) is 0 Å². The fourth-order valence-corrected chi connectivity index (χ4v) is 3.53. The van der Waals surface area contributed by atoms with Crippen molar-refractivity contribution in [2.45, 2.75) is 45.4 Å². The number of nitrogens with one attached hydrogen (secondary N) is 1. The number of rotatable bonds is 4. The zero-order valence-corrected chi connectivity index (χ0v) is 11.1. The Morgan fingerprint density at radius 1 is 1.38 bits per heavy atom. The van der Waals surface area contributed by atoms with Gasteiger partial charge >= 0.3 is 0 Å². The Bertz CT molecular complexity index is 234. The van der Waals surface area contributed by atoms with E-state index in [0.29, 0.717) is 12.1 Å². The van der Waals surface area contributed by atoms with E-state index in [-0.39, 0.29) is 0 Å². The first-order valence-electron chi connectivity index (χ1n) is 6.68. The Kier molecular flexibility index (Phi) is 3.88. The minimum absolute atomic E-state index is 0.334. The predicted octanol–water partition coefficient (Wildman–Crippen LogP) is 1.34. The van der Waals surface area contributed by atoms with Gasteiger partial charge in [0.2, 0.25) is 0 Å². The Labute approximate surface area is 99.5 Å². The SMILES string of the molecule is CCC1C2CNCC2CN1C(C)C(C)OC. The van der Waals surface area contributed by atoms with E-state index in [9.17, 15) is 0 Å². The zero-order valence-electron chi connectivity index (χ0n) is 11.1. The minimum Gasteiger partial charge on any atom is -0.380 e. The van der Waals surface area contributed by atoms with Gasteiger partial charge in [-0.15, -0.1) is 0 Å². The molecule has 3 nitrogen and oxygen atoms in total. The molecule has 2 fully saturated rings. The molecular weight excluding hydrogens is 200 g/mol. The quantitative estimate of drug-likeness (QED) is 0.783. The fourth-order valence-electron chi connectivity index (χ4n) is 3.53. The third-order valence-corrected chi connectivity index (χ3v) is 4.75. The van der Waals surface area contributed by atoms with Crippen molar-refractivity contribution in [3.8, 4) is 0 Å². The average Bonchev–Trinajstić information content (AvgIpc) is 2.86. The molecule has 2 rings (SSSR count). The van der Waals surface area contributed by atoms with Crippen LogP contribution in [0.25, 0.3) is 0 Å². The molecule has 94 valence electrons. The van der Waals surface area contributed by atoms with Crippen molar-refractivity contribution >= 4 is 0 Å². The second kappa shape index (κ2) is 5.03. The van der Waals surface area contributed by atoms with Crippen LogP contribution in [0.4, 0.5) is 0 Å². The summed E-state index contributed by atoms with van der Waals surface area (Å²) in [5, 5.41) is 3.53. The highest BCUT2D eigenvalue weighted by Crippen LogP contribution is 2.36. The number of likely N-dealkylation sites (tertiary alicyclic amines) is 1. The molecular formula is C13H26N2O. The lowest BCUT2D eigenvalue weighted by atomic mass is 9.92. The van der Waals surface area contributed by atoms with Gasteiger partial charge in [-0.05, 0) is 45.2 Å². The minimum atomic E-state index is 0.334. The molecule has 2 aliphatic rings. The molecule has 0 aromatic heterocycles. The lowest BCUT2D eigenvalue weighted by Crippen LogP contribution is -2.46. The summed E-state index contributed by atoms with van der Waals surface area (Å²) in [5.74, 6) is 1.74. The lowest BCUT2D eigenvalue weighted by molar-refractivity contribution is 0.0222. The summed E-state index contributed by atoms with van der Waals surface area (Å²) >= 11 is 0. The second-order valence-electron chi connectivity index (χ2n) is 5.44. The molecule has 2 heterocycles. The highest BCUT2D eigenvalue weighted by molar-refractivity contribution is 5.00. The summed E-state index contributed by atoms with van der Waals surface area (Å²) in [6.45, 7) is 10.5. The van der Waals surface area contributed by atoms with E-state index >= 15 is 0 Å². The molecule has 16 heavy (non-hydrogen) atoms. The maximum Gasteiger partial charge on any atom is 0.0695 e. The van der Waals surface area contributed by atoms with E-state index in [1.54, 1.807) is 0 Å². The van der Waals surface area contributed by atoms with Crippen LogP contribution in [0.3, 0.4) is 0 Å². The van der Waals surface area contributed by atoms with Crippen LogP contribution >= 0.6 is 0 Å². The van der Waals surface area contributed by atoms with Gasteiger partial charge in [-0.3, -0.25) is 4.90 Å². The molecule has 0 aromatic carbocycles. The molecule has 0 saturated carbocycles. The topological polar surface area (TPSA) is 24.5 Å². The van der Waals surface area contributed by atoms with E-state index in [1.807, 2.05) is 7.11 Å². The normalized spacial score (nSPS) is 38.6. The summed E-state index contributed by atoms with van der Waals surface area (Å²) in [6.07, 6.45) is 1.60. The highest BCUT2D eigenvalue weighted by atomic mass is 16.5. The maximum atomic E-state index is 5.48. The van der Waals surface area contributed by atoms with Crippen molar-refractivity contribution in [1.82, 2.24) is 10.2 Å². The smallest absolute Gasteiger partial charge is 0.0695 e. The number of methoxy groups -OCH3 is 1. The van der Waals surface area contributed by atoms with Gasteiger partial charge in [0.15, 0.2) is 0 Å². The first kappa shape index (κ1) is 12.3. The van der Waals surface area contributed by atoms with E-state index in [2.05, 4.69) is 31.0 Å². The van der Waals surface area contributed by atoms with Crippen LogP contribution in [0.2, 0.25) is 0 Å². The van der Waals surface area contributed by atoms with Crippen LogP contribution in [-0.2, 0) is 4.74 Å². The summed E-state index contributed by atoms with van der Waals surface area (Å²) in [4.78, 5) is 2.68. The molecule has 0 aliphatic carbocycles. The van der Waals surface area contributed by atoms with Gasteiger partial charge in [0, 0.05) is 25.7 Å². The Hall–Kier alpha value is -0.120. The monoisotopic (exact) mass is 226 g/mol. The maximum absolute atomic E-state index is 5.48. The van der Waals surface area contributed by atoms with Gasteiger partial charge in [0.05, 0.1) is 6.10 Å². The first-order valence-corrected chi connectivity index (χ1v) is 6.68. The molecule has 1 N–H and O–H groups in total. The van der Waals surface area contributed by atoms with Crippen molar-refractivity contribution in [3.63, 3.8) is 0 Å². The third kappa shape index (κ3) is 2.01. The number of hydrogen-bond acceptors (Lipinski definition) is 3. The van der Waals surface area contributed by atoms with Gasteiger partial charge in [-0.25, -0.2) is 0 Å². The molecule has 0 amide bonds. The van der Waals surface area contributed by atoms with Crippen LogP contribution < -0.4 is 5.32 Å². The molecule has 5 atom stereocenters. The van der Waals surface area contributed by atoms with Crippen molar-refractivity contribution in [2.75, 3.05) is 26.7 Å². The van der Waals surface area contributed by atoms with Crippen molar-refractivity contribution in [1.29, 1.82) is 0 Å². The van der Waals surface area contributed by atoms with Crippen molar-refractivity contribution in [2.24, 2.45) is 11.8 Å². The largest absolute Gasteiger partial charge is 0.380 e. The van der Waals surface area contributed by atoms with Gasteiger partial charge < -0.3 is 10.1 Å². The van der Waals surface area contributed by atoms with E-state index in [1.165, 1.54) is 26.1 Å². The predicted molar refractivity (Wildman–Crippen MR) is 66.6 cm³/mol. The Morgan fingerprint density at radius 3 is 2.75 bits per heavy atom. The lowest BCUT2D eigenvalue weighted by Gasteiger charge is -2.35. The van der Waals surface area contributed by atoms with Crippen LogP contribution in [0, 0.1) is 11.8 Å². The molecule has 0 spiro atoms. The van der Waals surface area contributed by atoms with Crippen LogP contribution in [-0.4, -0.2) is 49.8 Å². The molecule has 2 saturated heterocycles. The highest BCUT2D eigenvalue weighted by Gasteiger charge is 2.45. The summed E-state index contributed by atoms with van der Waals surface area (Å²) < 4.78 is 5.48. The molecule has 3 heteroatoms. The van der Waals surface area contributed by atoms with Crippen LogP contribution in [0.5, 0.6) is 0 Å². The standard InChI is InChI=1S/C13H26N2O/c1-5-13-12-7-14-6-11(12)8-15(13)9(2)10(3)16-4/h9-14H,5-8H2,1-4H3. The second-order valence-corrected chi connectivity index (χ2v) is 5.44. The first-order chi connectivity index (χ1) is 7.69. The Balaban J connectivity index is 2.05. The van der Waals surface area contributed by atoms with E-state index in [0.717, 1.165) is 17.9 Å². The summed E-state index contributed by atoms with van der Waals surface area (Å²) in [5.41, 5.74) is 0. The molecule has 0 aromatic rings. The summed E-state index contributed by atoms with van der Waals surface area (Å²) in [7, 11) is 1.82. The van der Waals surface area contributed by atoms with E-state index < -0.39 is 0 Å². The van der Waals surface area contributed by atoms with E-state index in [4.69, 9.17) is 4.74 Å². The van der Waals surface area contributed by atoms with Crippen LogP contribution in [0.1, 0.15) is 27.2 Å². The fraction of sp³-hybridized carbons (Fsp3) is 1.00. The number of nitrogens with zero attached hydrogens (tertiary/aromatic N) is 1.